The SMILES string of the molecule is Cc1cc2c(cc1F)nc(N)n2-c1ccc(I)cc1Cl. The average molecular weight is 402 g/mol. The number of fused-ring (bicyclic) bond motifs is 1. The molecule has 0 amide bonds. The molecule has 3 nitrogen and oxygen atoms in total. The maximum Gasteiger partial charge on any atom is 0.205 e. The van der Waals surface area contributed by atoms with Gasteiger partial charge in [-0.25, -0.2) is 9.37 Å². The minimum atomic E-state index is -0.296. The Labute approximate surface area is 133 Å². The quantitative estimate of drug-likeness (QED) is 0.618. The second-order valence-electron chi connectivity index (χ2n) is 4.49. The van der Waals surface area contributed by atoms with Crippen LogP contribution in [0.15, 0.2) is 30.3 Å². The molecule has 20 heavy (non-hydrogen) atoms. The monoisotopic (exact) mass is 401 g/mol. The van der Waals surface area contributed by atoms with E-state index in [0.717, 1.165) is 14.8 Å². The van der Waals surface area contributed by atoms with Crippen molar-refractivity contribution in [1.82, 2.24) is 9.55 Å². The Morgan fingerprint density at radius 1 is 1.30 bits per heavy atom. The van der Waals surface area contributed by atoms with E-state index in [0.29, 0.717) is 16.1 Å². The first-order valence-electron chi connectivity index (χ1n) is 5.87. The molecule has 2 N–H and O–H groups in total. The number of aromatic nitrogens is 2. The van der Waals surface area contributed by atoms with E-state index in [1.807, 2.05) is 18.2 Å². The molecule has 3 aromatic rings. The molecule has 2 aromatic carbocycles. The van der Waals surface area contributed by atoms with Crippen molar-refractivity contribution in [2.45, 2.75) is 6.92 Å². The highest BCUT2D eigenvalue weighted by molar-refractivity contribution is 14.1. The van der Waals surface area contributed by atoms with Crippen molar-refractivity contribution < 1.29 is 4.39 Å². The lowest BCUT2D eigenvalue weighted by Crippen LogP contribution is -2.01. The fourth-order valence-corrected chi connectivity index (χ4v) is 3.08. The van der Waals surface area contributed by atoms with Gasteiger partial charge in [-0.15, -0.1) is 0 Å². The second kappa shape index (κ2) is 4.89. The third-order valence-corrected chi connectivity index (χ3v) is 4.09. The van der Waals surface area contributed by atoms with Crippen LogP contribution in [0.1, 0.15) is 5.56 Å². The number of hydrogen-bond donors (Lipinski definition) is 1. The number of nitrogens with zero attached hydrogens (tertiary/aromatic N) is 2. The smallest absolute Gasteiger partial charge is 0.205 e. The summed E-state index contributed by atoms with van der Waals surface area (Å²) < 4.78 is 16.4. The molecule has 1 aromatic heterocycles. The Hall–Kier alpha value is -1.34. The van der Waals surface area contributed by atoms with Crippen LogP contribution in [0.4, 0.5) is 10.3 Å². The van der Waals surface area contributed by atoms with Gasteiger partial charge in [-0.1, -0.05) is 11.6 Å². The summed E-state index contributed by atoms with van der Waals surface area (Å²) in [6, 6.07) is 8.77. The first-order chi connectivity index (χ1) is 9.47. The molecule has 0 aliphatic carbocycles. The van der Waals surface area contributed by atoms with E-state index in [1.54, 1.807) is 17.6 Å². The Bertz CT molecular complexity index is 829. The van der Waals surface area contributed by atoms with Gasteiger partial charge in [0, 0.05) is 9.64 Å². The molecular weight excluding hydrogens is 392 g/mol. The number of anilines is 1. The average Bonchev–Trinajstić information content (AvgIpc) is 2.66. The van der Waals surface area contributed by atoms with Crippen LogP contribution in [0.3, 0.4) is 0 Å². The number of imidazole rings is 1. The Morgan fingerprint density at radius 2 is 2.05 bits per heavy atom. The normalized spacial score (nSPS) is 11.2. The third-order valence-electron chi connectivity index (χ3n) is 3.11. The van der Waals surface area contributed by atoms with Crippen LogP contribution in [0.2, 0.25) is 5.02 Å². The van der Waals surface area contributed by atoms with Crippen LogP contribution < -0.4 is 5.73 Å². The number of nitrogens with two attached hydrogens (primary N) is 1. The highest BCUT2D eigenvalue weighted by atomic mass is 127. The zero-order valence-corrected chi connectivity index (χ0v) is 13.4. The molecule has 0 atom stereocenters. The van der Waals surface area contributed by atoms with Crippen molar-refractivity contribution in [3.8, 4) is 5.69 Å². The minimum absolute atomic E-state index is 0.285. The summed E-state index contributed by atoms with van der Waals surface area (Å²) in [5, 5.41) is 0.574. The van der Waals surface area contributed by atoms with E-state index in [-0.39, 0.29) is 11.8 Å². The van der Waals surface area contributed by atoms with Crippen LogP contribution in [-0.4, -0.2) is 9.55 Å². The van der Waals surface area contributed by atoms with Crippen LogP contribution in [0.25, 0.3) is 16.7 Å². The molecule has 0 saturated carbocycles. The summed E-state index contributed by atoms with van der Waals surface area (Å²) in [6.45, 7) is 1.71. The summed E-state index contributed by atoms with van der Waals surface area (Å²) in [5.74, 6) is -0.0102. The van der Waals surface area contributed by atoms with Gasteiger partial charge >= 0.3 is 0 Å². The summed E-state index contributed by atoms with van der Waals surface area (Å²) in [7, 11) is 0. The number of rotatable bonds is 1. The van der Waals surface area contributed by atoms with Gasteiger partial charge in [0.2, 0.25) is 5.95 Å². The molecule has 0 radical (unpaired) electrons. The first-order valence-corrected chi connectivity index (χ1v) is 7.32. The van der Waals surface area contributed by atoms with E-state index in [2.05, 4.69) is 27.6 Å². The summed E-state index contributed by atoms with van der Waals surface area (Å²) in [6.07, 6.45) is 0. The number of aryl methyl sites for hydroxylation is 1. The molecule has 0 saturated heterocycles. The van der Waals surface area contributed by atoms with E-state index in [1.165, 1.54) is 6.07 Å². The second-order valence-corrected chi connectivity index (χ2v) is 6.14. The Kier molecular flexibility index (Phi) is 3.33. The summed E-state index contributed by atoms with van der Waals surface area (Å²) >= 11 is 8.47. The van der Waals surface area contributed by atoms with Gasteiger partial charge in [-0.2, -0.15) is 0 Å². The number of nitrogen functional groups attached to an aromatic ring is 1. The molecule has 0 aliphatic rings. The van der Waals surface area contributed by atoms with Gasteiger partial charge in [0.25, 0.3) is 0 Å². The van der Waals surface area contributed by atoms with Crippen LogP contribution in [0.5, 0.6) is 0 Å². The van der Waals surface area contributed by atoms with Crippen molar-refractivity contribution in [1.29, 1.82) is 0 Å². The van der Waals surface area contributed by atoms with Gasteiger partial charge in [0.1, 0.15) is 5.82 Å². The fraction of sp³-hybridized carbons (Fsp3) is 0.0714. The molecule has 0 unspecified atom stereocenters. The molecular formula is C14H10ClFIN3. The lowest BCUT2D eigenvalue weighted by atomic mass is 10.2. The van der Waals surface area contributed by atoms with Gasteiger partial charge < -0.3 is 5.73 Å². The predicted molar refractivity (Wildman–Crippen MR) is 87.9 cm³/mol. The summed E-state index contributed by atoms with van der Waals surface area (Å²) in [5.41, 5.74) is 8.49. The van der Waals surface area contributed by atoms with E-state index in [4.69, 9.17) is 17.3 Å². The molecule has 0 fully saturated rings. The highest BCUT2D eigenvalue weighted by Gasteiger charge is 2.14. The number of halogens is 3. The maximum atomic E-state index is 13.6. The lowest BCUT2D eigenvalue weighted by Gasteiger charge is -2.09. The number of hydrogen-bond acceptors (Lipinski definition) is 2. The minimum Gasteiger partial charge on any atom is -0.369 e. The molecule has 6 heteroatoms. The van der Waals surface area contributed by atoms with Crippen molar-refractivity contribution in [3.63, 3.8) is 0 Å². The zero-order valence-electron chi connectivity index (χ0n) is 10.5. The van der Waals surface area contributed by atoms with Gasteiger partial charge in [-0.05, 0) is 59.3 Å². The van der Waals surface area contributed by atoms with Crippen molar-refractivity contribution in [2.24, 2.45) is 0 Å². The van der Waals surface area contributed by atoms with Gasteiger partial charge in [0.15, 0.2) is 0 Å². The topological polar surface area (TPSA) is 43.8 Å². The van der Waals surface area contributed by atoms with E-state index >= 15 is 0 Å². The largest absolute Gasteiger partial charge is 0.369 e. The van der Waals surface area contributed by atoms with Crippen molar-refractivity contribution >= 4 is 51.2 Å². The Morgan fingerprint density at radius 3 is 2.75 bits per heavy atom. The lowest BCUT2D eigenvalue weighted by molar-refractivity contribution is 0.620. The highest BCUT2D eigenvalue weighted by Crippen LogP contribution is 2.30. The van der Waals surface area contributed by atoms with E-state index < -0.39 is 0 Å². The third kappa shape index (κ3) is 2.14. The van der Waals surface area contributed by atoms with Gasteiger partial charge in [0.05, 0.1) is 21.7 Å². The molecule has 102 valence electrons. The predicted octanol–water partition coefficient (Wildman–Crippen LogP) is 4.31. The molecule has 3 rings (SSSR count). The summed E-state index contributed by atoms with van der Waals surface area (Å²) in [4.78, 5) is 4.20. The first kappa shape index (κ1) is 13.6. The number of benzene rings is 2. The van der Waals surface area contributed by atoms with Crippen LogP contribution in [-0.2, 0) is 0 Å². The molecule has 0 aliphatic heterocycles. The molecule has 1 heterocycles. The van der Waals surface area contributed by atoms with Crippen molar-refractivity contribution in [3.05, 3.63) is 50.3 Å². The standard InChI is InChI=1S/C14H10ClFIN3/c1-7-4-13-11(6-10(7)16)19-14(18)20(13)12-3-2-8(17)5-9(12)15/h2-6H,1H3,(H2,18,19). The van der Waals surface area contributed by atoms with Gasteiger partial charge in [-0.3, -0.25) is 4.57 Å². The zero-order chi connectivity index (χ0) is 14.4. The van der Waals surface area contributed by atoms with E-state index in [9.17, 15) is 4.39 Å². The molecule has 0 bridgehead atoms. The van der Waals surface area contributed by atoms with Crippen LogP contribution in [0, 0.1) is 16.3 Å². The Balaban J connectivity index is 2.35. The maximum absolute atomic E-state index is 13.6. The van der Waals surface area contributed by atoms with Crippen LogP contribution >= 0.6 is 34.2 Å². The van der Waals surface area contributed by atoms with Crippen molar-refractivity contribution in [2.75, 3.05) is 5.73 Å². The fourth-order valence-electron chi connectivity index (χ4n) is 2.14. The molecule has 0 spiro atoms.